The number of hydrogen-bond donors (Lipinski definition) is 3. The molecule has 0 aliphatic carbocycles. The summed E-state index contributed by atoms with van der Waals surface area (Å²) in [6.45, 7) is 6.30. The Balaban J connectivity index is 0.000000239. The fourth-order valence-corrected chi connectivity index (χ4v) is 2.94. The van der Waals surface area contributed by atoms with E-state index in [1.165, 1.54) is 0 Å². The van der Waals surface area contributed by atoms with Crippen LogP contribution in [0, 0.1) is 0 Å². The quantitative estimate of drug-likeness (QED) is 0.356. The van der Waals surface area contributed by atoms with Crippen LogP contribution in [0.3, 0.4) is 0 Å². The Morgan fingerprint density at radius 1 is 0.548 bits per heavy atom. The predicted octanol–water partition coefficient (Wildman–Crippen LogP) is 7.06. The van der Waals surface area contributed by atoms with Gasteiger partial charge < -0.3 is 15.3 Å². The monoisotopic (exact) mass is 470 g/mol. The molecular formula is C25H26O3S3. The van der Waals surface area contributed by atoms with Crippen LogP contribution in [0.1, 0.15) is 43.0 Å². The smallest absolute Gasteiger partial charge is 0.188 e. The van der Waals surface area contributed by atoms with E-state index in [9.17, 15) is 5.11 Å². The second kappa shape index (κ2) is 12.9. The molecule has 0 aromatic heterocycles. The molecule has 0 saturated heterocycles. The highest BCUT2D eigenvalue weighted by molar-refractivity contribution is 7.80. The van der Waals surface area contributed by atoms with E-state index in [1.807, 2.05) is 60.7 Å². The molecule has 0 aliphatic rings. The van der Waals surface area contributed by atoms with Crippen molar-refractivity contribution in [2.24, 2.45) is 0 Å². The van der Waals surface area contributed by atoms with E-state index in [0.717, 1.165) is 11.1 Å². The number of thiocarbonyl (C=S) groups is 3. The molecule has 0 atom stereocenters. The second-order valence-electron chi connectivity index (χ2n) is 7.44. The summed E-state index contributed by atoms with van der Waals surface area (Å²) in [5.74, 6) is 0. The van der Waals surface area contributed by atoms with Crippen LogP contribution in [0.2, 0.25) is 0 Å². The summed E-state index contributed by atoms with van der Waals surface area (Å²) in [7, 11) is 0. The molecule has 3 rings (SSSR count). The topological polar surface area (TPSA) is 60.7 Å². The van der Waals surface area contributed by atoms with Crippen molar-refractivity contribution >= 4 is 51.8 Å². The van der Waals surface area contributed by atoms with Crippen molar-refractivity contribution < 1.29 is 15.3 Å². The summed E-state index contributed by atoms with van der Waals surface area (Å²) in [6, 6.07) is 25.8. The van der Waals surface area contributed by atoms with Gasteiger partial charge in [-0.25, -0.2) is 0 Å². The van der Waals surface area contributed by atoms with Crippen LogP contribution < -0.4 is 0 Å². The fourth-order valence-electron chi connectivity index (χ4n) is 2.49. The molecular weight excluding hydrogens is 444 g/mol. The van der Waals surface area contributed by atoms with E-state index >= 15 is 0 Å². The SMILES string of the molecule is CC(C)(C)c1ccccc1C(O)=S.OC(=S)c1ccccc1.OC(=S)c1ccccc1. The van der Waals surface area contributed by atoms with Crippen LogP contribution in [0.25, 0.3) is 0 Å². The molecule has 0 amide bonds. The fraction of sp³-hybridized carbons (Fsp3) is 0.160. The first kappa shape index (κ1) is 26.4. The van der Waals surface area contributed by atoms with Gasteiger partial charge in [0.2, 0.25) is 0 Å². The summed E-state index contributed by atoms with van der Waals surface area (Å²) in [5.41, 5.74) is 3.27. The van der Waals surface area contributed by atoms with Gasteiger partial charge in [0, 0.05) is 16.7 Å². The van der Waals surface area contributed by atoms with Gasteiger partial charge in [-0.2, -0.15) is 0 Å². The summed E-state index contributed by atoms with van der Waals surface area (Å²) >= 11 is 13.8. The van der Waals surface area contributed by atoms with Gasteiger partial charge in [0.15, 0.2) is 15.2 Å². The van der Waals surface area contributed by atoms with Gasteiger partial charge in [-0.05, 0) is 47.6 Å². The first-order valence-electron chi connectivity index (χ1n) is 9.43. The van der Waals surface area contributed by atoms with E-state index in [2.05, 4.69) is 45.2 Å². The Hall–Kier alpha value is -2.67. The van der Waals surface area contributed by atoms with Crippen LogP contribution in [-0.2, 0) is 5.41 Å². The van der Waals surface area contributed by atoms with Gasteiger partial charge in [0.05, 0.1) is 0 Å². The largest absolute Gasteiger partial charge is 0.499 e. The van der Waals surface area contributed by atoms with Crippen LogP contribution >= 0.6 is 36.7 Å². The molecule has 3 nitrogen and oxygen atoms in total. The molecule has 0 bridgehead atoms. The summed E-state index contributed by atoms with van der Waals surface area (Å²) in [5, 5.41) is 26.7. The summed E-state index contributed by atoms with van der Waals surface area (Å²) in [4.78, 5) is 0. The molecule has 6 heteroatoms. The van der Waals surface area contributed by atoms with E-state index in [0.29, 0.717) is 11.1 Å². The average molecular weight is 471 g/mol. The Morgan fingerprint density at radius 2 is 0.903 bits per heavy atom. The highest BCUT2D eigenvalue weighted by atomic mass is 32.1. The maximum atomic E-state index is 9.30. The van der Waals surface area contributed by atoms with Crippen LogP contribution in [0.4, 0.5) is 0 Å². The predicted molar refractivity (Wildman–Crippen MR) is 141 cm³/mol. The molecule has 3 aromatic rings. The third-order valence-corrected chi connectivity index (χ3v) is 4.70. The lowest BCUT2D eigenvalue weighted by molar-refractivity contribution is 0.556. The molecule has 0 saturated carbocycles. The maximum Gasteiger partial charge on any atom is 0.188 e. The lowest BCUT2D eigenvalue weighted by Crippen LogP contribution is -2.16. The molecule has 3 aromatic carbocycles. The highest BCUT2D eigenvalue weighted by Crippen LogP contribution is 2.25. The van der Waals surface area contributed by atoms with E-state index in [1.54, 1.807) is 24.3 Å². The van der Waals surface area contributed by atoms with E-state index in [4.69, 9.17) is 22.4 Å². The lowest BCUT2D eigenvalue weighted by Gasteiger charge is -2.21. The van der Waals surface area contributed by atoms with Crippen LogP contribution in [-0.4, -0.2) is 30.5 Å². The van der Waals surface area contributed by atoms with E-state index < -0.39 is 0 Å². The van der Waals surface area contributed by atoms with Gasteiger partial charge in [-0.3, -0.25) is 0 Å². The minimum Gasteiger partial charge on any atom is -0.499 e. The molecule has 0 fully saturated rings. The zero-order valence-electron chi connectivity index (χ0n) is 17.6. The first-order valence-corrected chi connectivity index (χ1v) is 10.7. The van der Waals surface area contributed by atoms with Crippen molar-refractivity contribution in [2.45, 2.75) is 26.2 Å². The first-order chi connectivity index (χ1) is 14.5. The average Bonchev–Trinajstić information content (AvgIpc) is 2.75. The van der Waals surface area contributed by atoms with E-state index in [-0.39, 0.29) is 20.6 Å². The molecule has 31 heavy (non-hydrogen) atoms. The summed E-state index contributed by atoms with van der Waals surface area (Å²) in [6.07, 6.45) is 0. The molecule has 0 unspecified atom stereocenters. The molecule has 162 valence electrons. The number of aliphatic hydroxyl groups is 3. The molecule has 3 N–H and O–H groups in total. The number of hydrogen-bond acceptors (Lipinski definition) is 3. The van der Waals surface area contributed by atoms with Gasteiger partial charge >= 0.3 is 0 Å². The zero-order valence-corrected chi connectivity index (χ0v) is 20.1. The normalized spacial score (nSPS) is 9.90. The van der Waals surface area contributed by atoms with Crippen molar-refractivity contribution in [1.29, 1.82) is 0 Å². The minimum absolute atomic E-state index is 0.0172. The van der Waals surface area contributed by atoms with Gasteiger partial charge in [0.1, 0.15) is 0 Å². The van der Waals surface area contributed by atoms with Crippen molar-refractivity contribution in [3.05, 3.63) is 107 Å². The van der Waals surface area contributed by atoms with Crippen molar-refractivity contribution in [3.63, 3.8) is 0 Å². The third kappa shape index (κ3) is 9.79. The molecule has 0 radical (unpaired) electrons. The Bertz CT molecular complexity index is 946. The number of benzene rings is 3. The number of aliphatic hydroxyl groups excluding tert-OH is 3. The van der Waals surface area contributed by atoms with Crippen molar-refractivity contribution in [2.75, 3.05) is 0 Å². The highest BCUT2D eigenvalue weighted by Gasteiger charge is 2.18. The van der Waals surface area contributed by atoms with Gasteiger partial charge in [-0.1, -0.05) is 106 Å². The Labute approximate surface area is 200 Å². The minimum atomic E-state index is -0.0457. The van der Waals surface area contributed by atoms with Gasteiger partial charge in [-0.15, -0.1) is 0 Å². The molecule has 0 heterocycles. The lowest BCUT2D eigenvalue weighted by atomic mass is 9.84. The van der Waals surface area contributed by atoms with Gasteiger partial charge in [0.25, 0.3) is 0 Å². The van der Waals surface area contributed by atoms with Crippen LogP contribution in [0.5, 0.6) is 0 Å². The van der Waals surface area contributed by atoms with Crippen molar-refractivity contribution in [3.8, 4) is 0 Å². The number of rotatable bonds is 3. The molecule has 0 spiro atoms. The van der Waals surface area contributed by atoms with Crippen LogP contribution in [0.15, 0.2) is 84.9 Å². The zero-order chi connectivity index (χ0) is 23.4. The summed E-state index contributed by atoms with van der Waals surface area (Å²) < 4.78 is 0. The maximum absolute atomic E-state index is 9.30. The second-order valence-corrected chi connectivity index (χ2v) is 8.60. The molecule has 0 aliphatic heterocycles. The standard InChI is InChI=1S/C11H14OS.2C7H6OS/c1-11(2,3)9-7-5-4-6-8(9)10(12)13;2*8-7(9)6-4-2-1-3-5-6/h4-7H,1-3H3,(H,12,13);2*1-5H,(H,8,9). The van der Waals surface area contributed by atoms with Crippen molar-refractivity contribution in [1.82, 2.24) is 0 Å². The third-order valence-electron chi connectivity index (χ3n) is 4.01. The Morgan fingerprint density at radius 3 is 1.16 bits per heavy atom. The Kier molecular flexibility index (Phi) is 11.0.